The second-order valence-electron chi connectivity index (χ2n) is 6.00. The van der Waals surface area contributed by atoms with Crippen LogP contribution in [0.5, 0.6) is 0 Å². The number of hydrogen-bond acceptors (Lipinski definition) is 4. The first kappa shape index (κ1) is 14.5. The predicted molar refractivity (Wildman–Crippen MR) is 87.9 cm³/mol. The first-order chi connectivity index (χ1) is 10.1. The van der Waals surface area contributed by atoms with Gasteiger partial charge in [-0.3, -0.25) is 0 Å². The van der Waals surface area contributed by atoms with Crippen LogP contribution in [0, 0.1) is 0 Å². The number of anilines is 1. The lowest BCUT2D eigenvalue weighted by atomic mass is 9.90. The fourth-order valence-corrected chi connectivity index (χ4v) is 3.31. The molecule has 0 spiro atoms. The van der Waals surface area contributed by atoms with Gasteiger partial charge in [0.05, 0.1) is 0 Å². The summed E-state index contributed by atoms with van der Waals surface area (Å²) >= 11 is 6.12. The third-order valence-corrected chi connectivity index (χ3v) is 4.69. The van der Waals surface area contributed by atoms with E-state index in [-0.39, 0.29) is 0 Å². The molecule has 0 bridgehead atoms. The van der Waals surface area contributed by atoms with Gasteiger partial charge in [-0.1, -0.05) is 35.9 Å². The standard InChI is InChI=1S/C16H21ClN4/c1-21(2)12-9-7-11(8-10-12)18-16-14-6-4-3-5-13(14)15(17)19-20-16/h3-6,11-12H,7-10H2,1-2H3,(H,18,20). The Balaban J connectivity index is 1.76. The number of fused-ring (bicyclic) bond motifs is 1. The zero-order valence-electron chi connectivity index (χ0n) is 12.5. The summed E-state index contributed by atoms with van der Waals surface area (Å²) in [6, 6.07) is 9.19. The second-order valence-corrected chi connectivity index (χ2v) is 6.36. The van der Waals surface area contributed by atoms with Crippen LogP contribution in [0.25, 0.3) is 10.8 Å². The molecule has 0 aliphatic heterocycles. The van der Waals surface area contributed by atoms with Gasteiger partial charge >= 0.3 is 0 Å². The first-order valence-electron chi connectivity index (χ1n) is 7.49. The Bertz CT molecular complexity index is 621. The number of hydrogen-bond donors (Lipinski definition) is 1. The van der Waals surface area contributed by atoms with Gasteiger partial charge in [-0.25, -0.2) is 0 Å². The van der Waals surface area contributed by atoms with E-state index in [1.54, 1.807) is 0 Å². The maximum absolute atomic E-state index is 6.12. The van der Waals surface area contributed by atoms with Crippen molar-refractivity contribution in [2.45, 2.75) is 37.8 Å². The Kier molecular flexibility index (Phi) is 4.27. The monoisotopic (exact) mass is 304 g/mol. The van der Waals surface area contributed by atoms with Crippen molar-refractivity contribution in [1.29, 1.82) is 0 Å². The quantitative estimate of drug-likeness (QED) is 0.941. The SMILES string of the molecule is CN(C)C1CCC(Nc2nnc(Cl)c3ccccc23)CC1. The molecule has 21 heavy (non-hydrogen) atoms. The van der Waals surface area contributed by atoms with Crippen LogP contribution in [0.3, 0.4) is 0 Å². The molecule has 0 saturated heterocycles. The van der Waals surface area contributed by atoms with E-state index >= 15 is 0 Å². The lowest BCUT2D eigenvalue weighted by molar-refractivity contribution is 0.221. The molecular formula is C16H21ClN4. The fraction of sp³-hybridized carbons (Fsp3) is 0.500. The van der Waals surface area contributed by atoms with Crippen molar-refractivity contribution < 1.29 is 0 Å². The summed E-state index contributed by atoms with van der Waals surface area (Å²) < 4.78 is 0. The molecule has 1 aliphatic rings. The number of halogens is 1. The Morgan fingerprint density at radius 3 is 2.38 bits per heavy atom. The van der Waals surface area contributed by atoms with Gasteiger partial charge in [0.25, 0.3) is 0 Å². The van der Waals surface area contributed by atoms with E-state index in [1.165, 1.54) is 25.7 Å². The normalized spacial score (nSPS) is 22.7. The fourth-order valence-electron chi connectivity index (χ4n) is 3.11. The topological polar surface area (TPSA) is 41.0 Å². The van der Waals surface area contributed by atoms with E-state index in [9.17, 15) is 0 Å². The van der Waals surface area contributed by atoms with Gasteiger partial charge in [-0.2, -0.15) is 0 Å². The smallest absolute Gasteiger partial charge is 0.159 e. The van der Waals surface area contributed by atoms with E-state index in [0.29, 0.717) is 17.2 Å². The van der Waals surface area contributed by atoms with Gasteiger partial charge in [-0.15, -0.1) is 10.2 Å². The summed E-state index contributed by atoms with van der Waals surface area (Å²) in [4.78, 5) is 2.33. The minimum atomic E-state index is 0.465. The van der Waals surface area contributed by atoms with Crippen LogP contribution in [0.1, 0.15) is 25.7 Å². The molecule has 112 valence electrons. The average Bonchev–Trinajstić information content (AvgIpc) is 2.51. The van der Waals surface area contributed by atoms with Gasteiger partial charge in [0.1, 0.15) is 0 Å². The van der Waals surface area contributed by atoms with Crippen molar-refractivity contribution in [3.8, 4) is 0 Å². The summed E-state index contributed by atoms with van der Waals surface area (Å²) in [5.41, 5.74) is 0. The minimum Gasteiger partial charge on any atom is -0.365 e. The zero-order valence-corrected chi connectivity index (χ0v) is 13.3. The molecule has 1 aliphatic carbocycles. The molecule has 0 radical (unpaired) electrons. The van der Waals surface area contributed by atoms with Crippen molar-refractivity contribution in [2.75, 3.05) is 19.4 Å². The molecule has 0 amide bonds. The van der Waals surface area contributed by atoms with Crippen molar-refractivity contribution >= 4 is 28.2 Å². The Labute approximate surface area is 130 Å². The summed E-state index contributed by atoms with van der Waals surface area (Å²) in [6.45, 7) is 0. The molecule has 2 aromatic rings. The van der Waals surface area contributed by atoms with E-state index in [2.05, 4.69) is 34.5 Å². The molecular weight excluding hydrogens is 284 g/mol. The van der Waals surface area contributed by atoms with Crippen molar-refractivity contribution in [3.63, 3.8) is 0 Å². The maximum atomic E-state index is 6.12. The number of nitrogens with one attached hydrogen (secondary N) is 1. The average molecular weight is 305 g/mol. The number of aromatic nitrogens is 2. The van der Waals surface area contributed by atoms with E-state index < -0.39 is 0 Å². The highest BCUT2D eigenvalue weighted by molar-refractivity contribution is 6.34. The summed E-state index contributed by atoms with van der Waals surface area (Å²) in [5.74, 6) is 0.850. The maximum Gasteiger partial charge on any atom is 0.159 e. The molecule has 5 heteroatoms. The van der Waals surface area contributed by atoms with E-state index in [1.807, 2.05) is 24.3 Å². The van der Waals surface area contributed by atoms with Crippen molar-refractivity contribution in [3.05, 3.63) is 29.4 Å². The summed E-state index contributed by atoms with van der Waals surface area (Å²) in [5, 5.41) is 14.3. The van der Waals surface area contributed by atoms with E-state index in [0.717, 1.165) is 16.6 Å². The van der Waals surface area contributed by atoms with E-state index in [4.69, 9.17) is 11.6 Å². The van der Waals surface area contributed by atoms with Crippen LogP contribution in [0.2, 0.25) is 5.15 Å². The number of benzene rings is 1. The van der Waals surface area contributed by atoms with Crippen molar-refractivity contribution in [2.24, 2.45) is 0 Å². The highest BCUT2D eigenvalue weighted by Crippen LogP contribution is 2.29. The van der Waals surface area contributed by atoms with Crippen LogP contribution in [-0.4, -0.2) is 41.3 Å². The largest absolute Gasteiger partial charge is 0.365 e. The minimum absolute atomic E-state index is 0.465. The number of rotatable bonds is 3. The molecule has 1 fully saturated rings. The van der Waals surface area contributed by atoms with Crippen LogP contribution >= 0.6 is 11.6 Å². The molecule has 1 saturated carbocycles. The van der Waals surface area contributed by atoms with Gasteiger partial charge in [0.15, 0.2) is 11.0 Å². The molecule has 3 rings (SSSR count). The molecule has 1 aromatic heterocycles. The van der Waals surface area contributed by atoms with Crippen LogP contribution < -0.4 is 5.32 Å². The Morgan fingerprint density at radius 2 is 1.71 bits per heavy atom. The second kappa shape index (κ2) is 6.16. The molecule has 1 heterocycles. The van der Waals surface area contributed by atoms with Crippen molar-refractivity contribution in [1.82, 2.24) is 15.1 Å². The third kappa shape index (κ3) is 3.11. The summed E-state index contributed by atoms with van der Waals surface area (Å²) in [7, 11) is 4.33. The first-order valence-corrected chi connectivity index (χ1v) is 7.87. The number of nitrogens with zero attached hydrogens (tertiary/aromatic N) is 3. The molecule has 0 unspecified atom stereocenters. The summed E-state index contributed by atoms with van der Waals surface area (Å²) in [6.07, 6.45) is 4.79. The van der Waals surface area contributed by atoms with Gasteiger partial charge in [-0.05, 0) is 39.8 Å². The van der Waals surface area contributed by atoms with Crippen LogP contribution in [0.15, 0.2) is 24.3 Å². The lowest BCUT2D eigenvalue weighted by Gasteiger charge is -2.33. The third-order valence-electron chi connectivity index (χ3n) is 4.41. The van der Waals surface area contributed by atoms with Gasteiger partial charge in [0.2, 0.25) is 0 Å². The molecule has 0 atom stereocenters. The zero-order chi connectivity index (χ0) is 14.8. The molecule has 1 N–H and O–H groups in total. The van der Waals surface area contributed by atoms with Crippen LogP contribution in [0.4, 0.5) is 5.82 Å². The van der Waals surface area contributed by atoms with Gasteiger partial charge in [0, 0.05) is 22.9 Å². The Hall–Kier alpha value is -1.39. The predicted octanol–water partition coefficient (Wildman–Crippen LogP) is 3.57. The lowest BCUT2D eigenvalue weighted by Crippen LogP contribution is -2.36. The highest BCUT2D eigenvalue weighted by atomic mass is 35.5. The molecule has 4 nitrogen and oxygen atoms in total. The highest BCUT2D eigenvalue weighted by Gasteiger charge is 2.23. The van der Waals surface area contributed by atoms with Gasteiger partial charge < -0.3 is 10.2 Å². The van der Waals surface area contributed by atoms with Crippen LogP contribution in [-0.2, 0) is 0 Å². The Morgan fingerprint density at radius 1 is 1.05 bits per heavy atom. The molecule has 1 aromatic carbocycles.